The molecule has 0 saturated heterocycles. The molecule has 0 aromatic carbocycles. The third-order valence-corrected chi connectivity index (χ3v) is 0.981. The van der Waals surface area contributed by atoms with Gasteiger partial charge in [0, 0.05) is 0 Å². The molecule has 0 aromatic rings. The van der Waals surface area contributed by atoms with Crippen molar-refractivity contribution in [2.75, 3.05) is 7.11 Å². The van der Waals surface area contributed by atoms with Crippen LogP contribution in [0.25, 0.3) is 0 Å². The first-order valence-electron chi connectivity index (χ1n) is 2.00. The molecule has 0 bridgehead atoms. The molecule has 0 N–H and O–H groups in total. The van der Waals surface area contributed by atoms with E-state index in [4.69, 9.17) is 23.2 Å². The van der Waals surface area contributed by atoms with Crippen molar-refractivity contribution >= 4 is 35.0 Å². The number of hydrogen-bond donors (Lipinski definition) is 0. The fourth-order valence-corrected chi connectivity index (χ4v) is 0.368. The van der Waals surface area contributed by atoms with Gasteiger partial charge in [0.15, 0.2) is 4.84 Å². The third-order valence-electron chi connectivity index (χ3n) is 0.585. The molecule has 0 spiro atoms. The normalized spacial score (nSPS) is 9.33. The van der Waals surface area contributed by atoms with Crippen LogP contribution in [0.4, 0.5) is 0 Å². The maximum Gasteiger partial charge on any atom is 0.377 e. The molecule has 0 amide bonds. The molecule has 9 heavy (non-hydrogen) atoms. The highest BCUT2D eigenvalue weighted by Crippen LogP contribution is 2.02. The highest BCUT2D eigenvalue weighted by molar-refractivity contribution is 6.62. The van der Waals surface area contributed by atoms with Crippen LogP contribution >= 0.6 is 23.2 Å². The molecule has 0 aromatic heterocycles. The zero-order valence-corrected chi connectivity index (χ0v) is 6.07. The second-order valence-corrected chi connectivity index (χ2v) is 2.25. The van der Waals surface area contributed by atoms with Crippen LogP contribution < -0.4 is 0 Å². The Kier molecular flexibility index (Phi) is 3.58. The van der Waals surface area contributed by atoms with E-state index in [1.165, 1.54) is 0 Å². The number of ether oxygens (including phenoxy) is 1. The van der Waals surface area contributed by atoms with Crippen LogP contribution in [-0.2, 0) is 14.3 Å². The topological polar surface area (TPSA) is 43.4 Å². The van der Waals surface area contributed by atoms with Crippen LogP contribution in [-0.4, -0.2) is 23.7 Å². The summed E-state index contributed by atoms with van der Waals surface area (Å²) in [7, 11) is 1.08. The Bertz CT molecular complexity index is 132. The van der Waals surface area contributed by atoms with Gasteiger partial charge in [0.2, 0.25) is 0 Å². The van der Waals surface area contributed by atoms with Gasteiger partial charge in [0.05, 0.1) is 7.11 Å². The van der Waals surface area contributed by atoms with E-state index in [9.17, 15) is 9.59 Å². The van der Waals surface area contributed by atoms with Crippen molar-refractivity contribution in [3.63, 3.8) is 0 Å². The summed E-state index contributed by atoms with van der Waals surface area (Å²) in [5, 5.41) is 0. The summed E-state index contributed by atoms with van der Waals surface area (Å²) in [6.45, 7) is 0. The van der Waals surface area contributed by atoms with E-state index >= 15 is 0 Å². The first kappa shape index (κ1) is 8.72. The largest absolute Gasteiger partial charge is 0.463 e. The third kappa shape index (κ3) is 2.67. The number of halogens is 2. The molecule has 0 rings (SSSR count). The van der Waals surface area contributed by atoms with Gasteiger partial charge >= 0.3 is 5.97 Å². The molecule has 0 atom stereocenters. The average Bonchev–Trinajstić information content (AvgIpc) is 1.84. The van der Waals surface area contributed by atoms with Crippen LogP contribution in [0.1, 0.15) is 0 Å². The number of Topliss-reactive ketones (excluding diaryl/α,β-unsaturated/α-hetero) is 1. The minimum Gasteiger partial charge on any atom is -0.463 e. The number of alkyl halides is 2. The molecule has 3 nitrogen and oxygen atoms in total. The van der Waals surface area contributed by atoms with Gasteiger partial charge in [-0.15, -0.1) is 0 Å². The summed E-state index contributed by atoms with van der Waals surface area (Å²) >= 11 is 10.0. The van der Waals surface area contributed by atoms with Gasteiger partial charge in [-0.1, -0.05) is 23.2 Å². The van der Waals surface area contributed by atoms with Crippen LogP contribution in [0, 0.1) is 0 Å². The molecule has 0 aliphatic carbocycles. The van der Waals surface area contributed by atoms with E-state index in [1.807, 2.05) is 0 Å². The van der Waals surface area contributed by atoms with E-state index in [0.717, 1.165) is 7.11 Å². The maximum absolute atomic E-state index is 10.3. The molecular formula is C4H4Cl2O3. The molecule has 0 radical (unpaired) electrons. The predicted octanol–water partition coefficient (Wildman–Crippen LogP) is 0.532. The van der Waals surface area contributed by atoms with Crippen molar-refractivity contribution in [3.8, 4) is 0 Å². The summed E-state index contributed by atoms with van der Waals surface area (Å²) in [5.41, 5.74) is 0. The fraction of sp³-hybridized carbons (Fsp3) is 0.500. The minimum atomic E-state index is -1.32. The lowest BCUT2D eigenvalue weighted by molar-refractivity contribution is -0.150. The Hall–Kier alpha value is -0.280. The summed E-state index contributed by atoms with van der Waals surface area (Å²) in [6.07, 6.45) is 0. The molecule has 0 saturated carbocycles. The highest BCUT2D eigenvalue weighted by atomic mass is 35.5. The van der Waals surface area contributed by atoms with Crippen LogP contribution in [0.2, 0.25) is 0 Å². The number of rotatable bonds is 2. The van der Waals surface area contributed by atoms with Crippen LogP contribution in [0.15, 0.2) is 0 Å². The molecular weight excluding hydrogens is 167 g/mol. The second kappa shape index (κ2) is 3.69. The number of carbonyl (C=O) groups is 2. The molecule has 0 unspecified atom stereocenters. The maximum atomic E-state index is 10.3. The first-order valence-corrected chi connectivity index (χ1v) is 2.87. The Morgan fingerprint density at radius 2 is 1.89 bits per heavy atom. The lowest BCUT2D eigenvalue weighted by atomic mass is 10.5. The standard InChI is InChI=1S/C4H4Cl2O3/c1-9-4(8)2(7)3(5)6/h3H,1H3. The number of methoxy groups -OCH3 is 1. The van der Waals surface area contributed by atoms with Crippen molar-refractivity contribution < 1.29 is 14.3 Å². The zero-order valence-electron chi connectivity index (χ0n) is 4.56. The quantitative estimate of drug-likeness (QED) is 0.345. The van der Waals surface area contributed by atoms with E-state index in [0.29, 0.717) is 0 Å². The SMILES string of the molecule is COC(=O)C(=O)C(Cl)Cl. The van der Waals surface area contributed by atoms with Crippen molar-refractivity contribution in [3.05, 3.63) is 0 Å². The number of hydrogen-bond acceptors (Lipinski definition) is 3. The lowest BCUT2D eigenvalue weighted by Crippen LogP contribution is -2.21. The van der Waals surface area contributed by atoms with E-state index in [2.05, 4.69) is 4.74 Å². The van der Waals surface area contributed by atoms with Gasteiger partial charge in [-0.25, -0.2) is 4.79 Å². The lowest BCUT2D eigenvalue weighted by Gasteiger charge is -1.95. The molecule has 0 fully saturated rings. The predicted molar refractivity (Wildman–Crippen MR) is 32.5 cm³/mol. The van der Waals surface area contributed by atoms with Crippen molar-refractivity contribution in [2.45, 2.75) is 4.84 Å². The molecule has 0 heterocycles. The molecule has 0 aliphatic rings. The van der Waals surface area contributed by atoms with Crippen molar-refractivity contribution in [1.29, 1.82) is 0 Å². The zero-order chi connectivity index (χ0) is 7.44. The smallest absolute Gasteiger partial charge is 0.377 e. The van der Waals surface area contributed by atoms with Crippen LogP contribution in [0.5, 0.6) is 0 Å². The Morgan fingerprint density at radius 3 is 2.00 bits per heavy atom. The minimum absolute atomic E-state index is 0.944. The summed E-state index contributed by atoms with van der Waals surface area (Å²) in [6, 6.07) is 0. The number of carbonyl (C=O) groups excluding carboxylic acids is 2. The highest BCUT2D eigenvalue weighted by Gasteiger charge is 2.20. The molecule has 5 heteroatoms. The second-order valence-electron chi connectivity index (χ2n) is 1.16. The Labute approximate surface area is 61.9 Å². The van der Waals surface area contributed by atoms with E-state index < -0.39 is 16.6 Å². The van der Waals surface area contributed by atoms with Gasteiger partial charge < -0.3 is 4.74 Å². The van der Waals surface area contributed by atoms with Crippen molar-refractivity contribution in [2.24, 2.45) is 0 Å². The first-order chi connectivity index (χ1) is 4.09. The summed E-state index contributed by atoms with van der Waals surface area (Å²) < 4.78 is 4.02. The van der Waals surface area contributed by atoms with Gasteiger partial charge in [-0.3, -0.25) is 4.79 Å². The number of ketones is 1. The summed E-state index contributed by atoms with van der Waals surface area (Å²) in [4.78, 5) is 19.2. The van der Waals surface area contributed by atoms with Gasteiger partial charge in [-0.2, -0.15) is 0 Å². The van der Waals surface area contributed by atoms with Gasteiger partial charge in [0.25, 0.3) is 5.78 Å². The average molecular weight is 171 g/mol. The molecule has 52 valence electrons. The molecule has 0 aliphatic heterocycles. The van der Waals surface area contributed by atoms with Gasteiger partial charge in [-0.05, 0) is 0 Å². The van der Waals surface area contributed by atoms with Gasteiger partial charge in [0.1, 0.15) is 0 Å². The number of esters is 1. The fourth-order valence-electron chi connectivity index (χ4n) is 0.190. The van der Waals surface area contributed by atoms with Crippen LogP contribution in [0.3, 0.4) is 0 Å². The van der Waals surface area contributed by atoms with E-state index in [-0.39, 0.29) is 0 Å². The van der Waals surface area contributed by atoms with E-state index in [1.54, 1.807) is 0 Å². The van der Waals surface area contributed by atoms with Crippen molar-refractivity contribution in [1.82, 2.24) is 0 Å². The monoisotopic (exact) mass is 170 g/mol. The Balaban J connectivity index is 3.89. The Morgan fingerprint density at radius 1 is 1.44 bits per heavy atom. The summed E-state index contributed by atoms with van der Waals surface area (Å²) in [5.74, 6) is -1.97.